The number of methoxy groups -OCH3 is 2. The van der Waals surface area contributed by atoms with Crippen molar-refractivity contribution < 1.29 is 19.1 Å². The zero-order valence-electron chi connectivity index (χ0n) is 9.29. The normalized spacial score (nSPS) is 12.0. The summed E-state index contributed by atoms with van der Waals surface area (Å²) in [6, 6.07) is 0. The Morgan fingerprint density at radius 2 is 1.73 bits per heavy atom. The lowest BCUT2D eigenvalue weighted by molar-refractivity contribution is -0.135. The van der Waals surface area contributed by atoms with Crippen LogP contribution in [0.4, 0.5) is 0 Å². The number of carbonyl (C=O) groups is 2. The van der Waals surface area contributed by atoms with Crippen molar-refractivity contribution in [3.63, 3.8) is 0 Å². The first-order valence-corrected chi connectivity index (χ1v) is 4.29. The van der Waals surface area contributed by atoms with E-state index in [1.54, 1.807) is 14.0 Å². The largest absolute Gasteiger partial charge is 0.466 e. The maximum Gasteiger partial charge on any atom is 0.339 e. The van der Waals surface area contributed by atoms with Gasteiger partial charge in [-0.1, -0.05) is 0 Å². The lowest BCUT2D eigenvalue weighted by Gasteiger charge is -2.05. The molecule has 0 rings (SSSR count). The fourth-order valence-corrected chi connectivity index (χ4v) is 0.810. The summed E-state index contributed by atoms with van der Waals surface area (Å²) in [6.45, 7) is 1.70. The van der Waals surface area contributed by atoms with Gasteiger partial charge in [0.15, 0.2) is 0 Å². The van der Waals surface area contributed by atoms with Gasteiger partial charge in [-0.05, 0) is 13.0 Å². The molecule has 0 bridgehead atoms. The number of nitrogens with one attached hydrogen (secondary N) is 1. The smallest absolute Gasteiger partial charge is 0.339 e. The summed E-state index contributed by atoms with van der Waals surface area (Å²) >= 11 is 0. The highest BCUT2D eigenvalue weighted by Crippen LogP contribution is 2.05. The summed E-state index contributed by atoms with van der Waals surface area (Å²) in [5.41, 5.74) is 0.896. The molecule has 0 amide bonds. The van der Waals surface area contributed by atoms with Crippen LogP contribution in [-0.2, 0) is 19.1 Å². The molecule has 0 fully saturated rings. The van der Waals surface area contributed by atoms with E-state index >= 15 is 0 Å². The van der Waals surface area contributed by atoms with Crippen molar-refractivity contribution in [2.75, 3.05) is 21.3 Å². The van der Waals surface area contributed by atoms with Gasteiger partial charge in [-0.3, -0.25) is 0 Å². The number of hydrogen-bond acceptors (Lipinski definition) is 5. The van der Waals surface area contributed by atoms with Gasteiger partial charge in [0, 0.05) is 18.8 Å². The number of esters is 2. The van der Waals surface area contributed by atoms with Gasteiger partial charge in [-0.25, -0.2) is 9.59 Å². The van der Waals surface area contributed by atoms with Crippen molar-refractivity contribution in [3.05, 3.63) is 23.4 Å². The standard InChI is InChI=1S/C10H15NO4/c1-7(11-2)8(10(13)15-4)5-6-9(12)14-3/h5-6,11H,1-4H3/b6-5+,8-7+. The Labute approximate surface area is 88.7 Å². The summed E-state index contributed by atoms with van der Waals surface area (Å²) in [6.07, 6.45) is 2.51. The second kappa shape index (κ2) is 6.64. The second-order valence-electron chi connectivity index (χ2n) is 2.64. The Morgan fingerprint density at radius 3 is 2.13 bits per heavy atom. The maximum atomic E-state index is 11.3. The highest BCUT2D eigenvalue weighted by Gasteiger charge is 2.09. The van der Waals surface area contributed by atoms with E-state index in [-0.39, 0.29) is 5.57 Å². The fraction of sp³-hybridized carbons (Fsp3) is 0.400. The van der Waals surface area contributed by atoms with Gasteiger partial charge in [0.2, 0.25) is 0 Å². The number of ether oxygens (including phenoxy) is 2. The van der Waals surface area contributed by atoms with Crippen LogP contribution < -0.4 is 5.32 Å². The lowest BCUT2D eigenvalue weighted by atomic mass is 10.2. The molecule has 0 atom stereocenters. The Bertz CT molecular complexity index is 305. The van der Waals surface area contributed by atoms with E-state index in [0.29, 0.717) is 5.70 Å². The first-order chi connectivity index (χ1) is 7.06. The van der Waals surface area contributed by atoms with E-state index in [2.05, 4.69) is 14.8 Å². The van der Waals surface area contributed by atoms with Gasteiger partial charge < -0.3 is 14.8 Å². The third kappa shape index (κ3) is 4.30. The third-order valence-corrected chi connectivity index (χ3v) is 1.77. The quantitative estimate of drug-likeness (QED) is 0.415. The van der Waals surface area contributed by atoms with Gasteiger partial charge in [-0.15, -0.1) is 0 Å². The molecule has 0 aromatic rings. The molecule has 0 aliphatic carbocycles. The minimum Gasteiger partial charge on any atom is -0.466 e. The molecule has 15 heavy (non-hydrogen) atoms. The second-order valence-corrected chi connectivity index (χ2v) is 2.64. The zero-order chi connectivity index (χ0) is 11.8. The number of allylic oxidation sites excluding steroid dienone is 1. The Kier molecular flexibility index (Phi) is 5.85. The van der Waals surface area contributed by atoms with Crippen molar-refractivity contribution in [1.82, 2.24) is 5.32 Å². The van der Waals surface area contributed by atoms with Crippen LogP contribution in [0.3, 0.4) is 0 Å². The topological polar surface area (TPSA) is 64.6 Å². The van der Waals surface area contributed by atoms with Gasteiger partial charge in [-0.2, -0.15) is 0 Å². The Hall–Kier alpha value is -1.78. The van der Waals surface area contributed by atoms with Crippen molar-refractivity contribution >= 4 is 11.9 Å². The van der Waals surface area contributed by atoms with Crippen molar-refractivity contribution in [3.8, 4) is 0 Å². The zero-order valence-corrected chi connectivity index (χ0v) is 9.29. The van der Waals surface area contributed by atoms with Crippen molar-refractivity contribution in [1.29, 1.82) is 0 Å². The molecule has 5 heteroatoms. The van der Waals surface area contributed by atoms with E-state index in [1.807, 2.05) is 0 Å². The molecule has 0 aliphatic heterocycles. The van der Waals surface area contributed by atoms with Crippen LogP contribution in [0.2, 0.25) is 0 Å². The molecule has 5 nitrogen and oxygen atoms in total. The number of carbonyl (C=O) groups excluding carboxylic acids is 2. The van der Waals surface area contributed by atoms with Crippen LogP contribution in [0.1, 0.15) is 6.92 Å². The SMILES string of the molecule is CN/C(C)=C(\C=C\C(=O)OC)C(=O)OC. The van der Waals surface area contributed by atoms with Crippen molar-refractivity contribution in [2.24, 2.45) is 0 Å². The minimum atomic E-state index is -0.527. The van der Waals surface area contributed by atoms with Crippen LogP contribution in [0.5, 0.6) is 0 Å². The molecule has 0 heterocycles. The van der Waals surface area contributed by atoms with Gasteiger partial charge in [0.05, 0.1) is 19.8 Å². The van der Waals surface area contributed by atoms with E-state index in [4.69, 9.17) is 0 Å². The maximum absolute atomic E-state index is 11.3. The molecule has 0 aromatic heterocycles. The average molecular weight is 213 g/mol. The highest BCUT2D eigenvalue weighted by atomic mass is 16.5. The first-order valence-electron chi connectivity index (χ1n) is 4.29. The van der Waals surface area contributed by atoms with Crippen LogP contribution in [-0.4, -0.2) is 33.2 Å². The molecule has 84 valence electrons. The predicted octanol–water partition coefficient (Wildman–Crippen LogP) is 0.382. The molecule has 0 saturated carbocycles. The minimum absolute atomic E-state index is 0.283. The van der Waals surface area contributed by atoms with E-state index < -0.39 is 11.9 Å². The number of rotatable bonds is 4. The molecule has 1 N–H and O–H groups in total. The summed E-state index contributed by atoms with van der Waals surface area (Å²) in [7, 11) is 4.21. The molecular weight excluding hydrogens is 198 g/mol. The van der Waals surface area contributed by atoms with Crippen LogP contribution in [0.25, 0.3) is 0 Å². The first kappa shape index (κ1) is 13.2. The van der Waals surface area contributed by atoms with Crippen molar-refractivity contribution in [2.45, 2.75) is 6.92 Å². The van der Waals surface area contributed by atoms with Crippen LogP contribution in [0.15, 0.2) is 23.4 Å². The van der Waals surface area contributed by atoms with Crippen LogP contribution in [0, 0.1) is 0 Å². The summed E-state index contributed by atoms with van der Waals surface area (Å²) in [5, 5.41) is 2.80. The molecule has 0 aliphatic rings. The van der Waals surface area contributed by atoms with Gasteiger partial charge in [0.25, 0.3) is 0 Å². The molecule has 0 unspecified atom stereocenters. The van der Waals surface area contributed by atoms with Gasteiger partial charge in [0.1, 0.15) is 0 Å². The Balaban J connectivity index is 4.91. The van der Waals surface area contributed by atoms with Crippen LogP contribution >= 0.6 is 0 Å². The fourth-order valence-electron chi connectivity index (χ4n) is 0.810. The summed E-state index contributed by atoms with van der Waals surface area (Å²) in [4.78, 5) is 22.1. The average Bonchev–Trinajstić information content (AvgIpc) is 2.27. The molecule has 0 aromatic carbocycles. The number of hydrogen-bond donors (Lipinski definition) is 1. The predicted molar refractivity (Wildman–Crippen MR) is 54.9 cm³/mol. The van der Waals surface area contributed by atoms with E-state index in [0.717, 1.165) is 6.08 Å². The lowest BCUT2D eigenvalue weighted by Crippen LogP contribution is -2.13. The highest BCUT2D eigenvalue weighted by molar-refractivity contribution is 5.94. The van der Waals surface area contributed by atoms with E-state index in [1.165, 1.54) is 20.3 Å². The Morgan fingerprint density at radius 1 is 1.13 bits per heavy atom. The molecule has 0 radical (unpaired) electrons. The summed E-state index contributed by atoms with van der Waals surface area (Å²) < 4.78 is 8.97. The molecular formula is C10H15NO4. The van der Waals surface area contributed by atoms with Gasteiger partial charge >= 0.3 is 11.9 Å². The summed E-state index contributed by atoms with van der Waals surface area (Å²) in [5.74, 6) is -1.04. The molecule has 0 spiro atoms. The van der Waals surface area contributed by atoms with E-state index in [9.17, 15) is 9.59 Å². The third-order valence-electron chi connectivity index (χ3n) is 1.77. The monoisotopic (exact) mass is 213 g/mol. The molecule has 0 saturated heterocycles.